The first-order chi connectivity index (χ1) is 30.3. The van der Waals surface area contributed by atoms with Crippen LogP contribution in [0.15, 0.2) is 60.8 Å². The van der Waals surface area contributed by atoms with Crippen molar-refractivity contribution in [3.63, 3.8) is 0 Å². The molecule has 0 bridgehead atoms. The van der Waals surface area contributed by atoms with E-state index in [1.54, 1.807) is 0 Å². The zero-order valence-corrected chi connectivity index (χ0v) is 40.7. The molecule has 0 amide bonds. The lowest BCUT2D eigenvalue weighted by Gasteiger charge is -2.20. The Morgan fingerprint density at radius 1 is 0.516 bits per heavy atom. The van der Waals surface area contributed by atoms with Gasteiger partial charge >= 0.3 is 13.8 Å². The van der Waals surface area contributed by atoms with E-state index in [2.05, 4.69) is 74.6 Å². The Kier molecular flexibility index (Phi) is 47.2. The number of aliphatic hydroxyl groups excluding tert-OH is 2. The molecule has 0 heterocycles. The SMILES string of the molecule is CC/C=C\C/C=C\C/C=C\CCCCCCCCCC(=O)OC(COCCCCCCCCCCCCCC/C=C\C/C=C\CCCCCCC)COP(=O)(O)OCC(O)CO. The third kappa shape index (κ3) is 47.6. The molecule has 0 aromatic rings. The Bertz CT molecular complexity index is 1150. The first-order valence-corrected chi connectivity index (χ1v) is 26.8. The van der Waals surface area contributed by atoms with Gasteiger partial charge in [-0.15, -0.1) is 0 Å². The number of aliphatic hydroxyl groups is 2. The molecule has 0 aromatic carbocycles. The van der Waals surface area contributed by atoms with Crippen molar-refractivity contribution in [1.29, 1.82) is 0 Å². The summed E-state index contributed by atoms with van der Waals surface area (Å²) in [5.41, 5.74) is 0. The van der Waals surface area contributed by atoms with Gasteiger partial charge in [0.15, 0.2) is 0 Å². The van der Waals surface area contributed by atoms with E-state index in [0.717, 1.165) is 70.6 Å². The van der Waals surface area contributed by atoms with Crippen LogP contribution in [0, 0.1) is 0 Å². The van der Waals surface area contributed by atoms with E-state index in [1.165, 1.54) is 122 Å². The van der Waals surface area contributed by atoms with Crippen LogP contribution in [-0.4, -0.2) is 66.3 Å². The predicted molar refractivity (Wildman–Crippen MR) is 260 cm³/mol. The van der Waals surface area contributed by atoms with Gasteiger partial charge in [-0.05, 0) is 77.0 Å². The first kappa shape index (κ1) is 60.2. The van der Waals surface area contributed by atoms with Gasteiger partial charge < -0.3 is 24.6 Å². The summed E-state index contributed by atoms with van der Waals surface area (Å²) >= 11 is 0. The minimum atomic E-state index is -4.53. The highest BCUT2D eigenvalue weighted by Crippen LogP contribution is 2.43. The number of ether oxygens (including phenoxy) is 2. The highest BCUT2D eigenvalue weighted by Gasteiger charge is 2.26. The van der Waals surface area contributed by atoms with Crippen molar-refractivity contribution >= 4 is 13.8 Å². The van der Waals surface area contributed by atoms with Gasteiger partial charge in [0.05, 0.1) is 26.4 Å². The molecule has 0 saturated heterocycles. The number of phosphoric ester groups is 1. The molecule has 0 fully saturated rings. The molecule has 0 aliphatic heterocycles. The summed E-state index contributed by atoms with van der Waals surface area (Å²) in [4.78, 5) is 22.7. The number of hydrogen-bond donors (Lipinski definition) is 3. The van der Waals surface area contributed by atoms with E-state index in [1.807, 2.05) is 0 Å². The van der Waals surface area contributed by atoms with E-state index >= 15 is 0 Å². The zero-order valence-electron chi connectivity index (χ0n) is 39.8. The smallest absolute Gasteiger partial charge is 0.457 e. The Balaban J connectivity index is 4.07. The number of carbonyl (C=O) groups excluding carboxylic acids is 1. The molecule has 0 spiro atoms. The number of hydrogen-bond acceptors (Lipinski definition) is 8. The summed E-state index contributed by atoms with van der Waals surface area (Å²) in [6, 6.07) is 0. The van der Waals surface area contributed by atoms with Crippen molar-refractivity contribution in [2.24, 2.45) is 0 Å². The van der Waals surface area contributed by atoms with Crippen molar-refractivity contribution in [2.45, 2.75) is 232 Å². The minimum absolute atomic E-state index is 0.0429. The molecule has 0 aromatic heterocycles. The van der Waals surface area contributed by atoms with Crippen molar-refractivity contribution in [3.05, 3.63) is 60.8 Å². The van der Waals surface area contributed by atoms with Gasteiger partial charge in [-0.25, -0.2) is 4.57 Å². The number of esters is 1. The third-order valence-corrected chi connectivity index (χ3v) is 11.6. The maximum Gasteiger partial charge on any atom is 0.472 e. The van der Waals surface area contributed by atoms with Gasteiger partial charge in [-0.3, -0.25) is 13.8 Å². The van der Waals surface area contributed by atoms with Crippen LogP contribution in [0.3, 0.4) is 0 Å². The topological polar surface area (TPSA) is 132 Å². The highest BCUT2D eigenvalue weighted by atomic mass is 31.2. The van der Waals surface area contributed by atoms with Gasteiger partial charge in [0.1, 0.15) is 12.2 Å². The summed E-state index contributed by atoms with van der Waals surface area (Å²) in [5, 5.41) is 18.4. The quantitative estimate of drug-likeness (QED) is 0.0236. The van der Waals surface area contributed by atoms with E-state index in [-0.39, 0.29) is 19.6 Å². The Labute approximate surface area is 380 Å². The summed E-state index contributed by atoms with van der Waals surface area (Å²) in [6.45, 7) is 3.40. The molecule has 362 valence electrons. The van der Waals surface area contributed by atoms with E-state index in [4.69, 9.17) is 23.6 Å². The lowest BCUT2D eigenvalue weighted by molar-refractivity contribution is -0.154. The second-order valence-corrected chi connectivity index (χ2v) is 18.3. The number of unbranched alkanes of at least 4 members (excludes halogenated alkanes) is 24. The van der Waals surface area contributed by atoms with Gasteiger partial charge in [-0.2, -0.15) is 0 Å². The van der Waals surface area contributed by atoms with Crippen LogP contribution in [0.1, 0.15) is 219 Å². The van der Waals surface area contributed by atoms with Crippen LogP contribution in [0.2, 0.25) is 0 Å². The normalized spacial score (nSPS) is 14.3. The van der Waals surface area contributed by atoms with E-state index < -0.39 is 39.2 Å². The number of rotatable bonds is 48. The summed E-state index contributed by atoms with van der Waals surface area (Å²) in [7, 11) is -4.53. The Hall–Kier alpha value is -1.84. The van der Waals surface area contributed by atoms with Crippen LogP contribution >= 0.6 is 7.82 Å². The lowest BCUT2D eigenvalue weighted by Crippen LogP contribution is -2.29. The number of allylic oxidation sites excluding steroid dienone is 10. The maximum absolute atomic E-state index is 12.7. The Morgan fingerprint density at radius 2 is 0.919 bits per heavy atom. The fourth-order valence-corrected chi connectivity index (χ4v) is 7.66. The highest BCUT2D eigenvalue weighted by molar-refractivity contribution is 7.47. The van der Waals surface area contributed by atoms with Crippen molar-refractivity contribution in [3.8, 4) is 0 Å². The largest absolute Gasteiger partial charge is 0.472 e. The molecule has 10 heteroatoms. The van der Waals surface area contributed by atoms with E-state index in [9.17, 15) is 19.4 Å². The number of carbonyl (C=O) groups is 1. The number of phosphoric acid groups is 1. The van der Waals surface area contributed by atoms with Crippen molar-refractivity contribution in [1.82, 2.24) is 0 Å². The fourth-order valence-electron chi connectivity index (χ4n) is 6.87. The molecule has 3 N–H and O–H groups in total. The summed E-state index contributed by atoms with van der Waals surface area (Å²) in [5.74, 6) is -0.393. The molecule has 0 rings (SSSR count). The van der Waals surface area contributed by atoms with Gasteiger partial charge in [0, 0.05) is 13.0 Å². The van der Waals surface area contributed by atoms with Gasteiger partial charge in [-0.1, -0.05) is 197 Å². The monoisotopic (exact) mass is 895 g/mol. The molecule has 3 unspecified atom stereocenters. The molecule has 0 radical (unpaired) electrons. The lowest BCUT2D eigenvalue weighted by atomic mass is 10.0. The zero-order chi connectivity index (χ0) is 45.3. The van der Waals surface area contributed by atoms with Crippen molar-refractivity contribution in [2.75, 3.05) is 33.0 Å². The van der Waals surface area contributed by atoms with Gasteiger partial charge in [0.2, 0.25) is 0 Å². The Morgan fingerprint density at radius 3 is 1.39 bits per heavy atom. The molecular weight excluding hydrogens is 800 g/mol. The van der Waals surface area contributed by atoms with Crippen molar-refractivity contribution < 1.29 is 43.0 Å². The molecular formula is C52H95O9P. The molecule has 0 aliphatic carbocycles. The third-order valence-electron chi connectivity index (χ3n) is 10.7. The average Bonchev–Trinajstić information content (AvgIpc) is 3.26. The first-order valence-electron chi connectivity index (χ1n) is 25.3. The second-order valence-electron chi connectivity index (χ2n) is 16.8. The predicted octanol–water partition coefficient (Wildman–Crippen LogP) is 14.7. The minimum Gasteiger partial charge on any atom is -0.457 e. The van der Waals surface area contributed by atoms with Crippen LogP contribution in [0.5, 0.6) is 0 Å². The van der Waals surface area contributed by atoms with Crippen LogP contribution in [0.25, 0.3) is 0 Å². The molecule has 62 heavy (non-hydrogen) atoms. The fraction of sp³-hybridized carbons (Fsp3) is 0.788. The molecule has 9 nitrogen and oxygen atoms in total. The van der Waals surface area contributed by atoms with E-state index in [0.29, 0.717) is 13.0 Å². The average molecular weight is 895 g/mol. The maximum atomic E-state index is 12.7. The summed E-state index contributed by atoms with van der Waals surface area (Å²) in [6.07, 6.45) is 57.6. The van der Waals surface area contributed by atoms with Crippen LogP contribution in [0.4, 0.5) is 0 Å². The van der Waals surface area contributed by atoms with Gasteiger partial charge in [0.25, 0.3) is 0 Å². The van der Waals surface area contributed by atoms with Crippen LogP contribution in [-0.2, 0) is 27.9 Å². The second kappa shape index (κ2) is 48.6. The molecule has 3 atom stereocenters. The summed E-state index contributed by atoms with van der Waals surface area (Å²) < 4.78 is 33.5. The molecule has 0 aliphatic rings. The molecule has 0 saturated carbocycles. The standard InChI is InChI=1S/C52H95O9P/c1-3-5-7-9-11-13-15-17-19-21-22-23-24-25-26-27-29-31-33-35-37-39-41-43-45-58-48-51(49-60-62(56,57)59-47-50(54)46-53)61-52(55)44-42-40-38-36-34-32-30-28-20-18-16-14-12-10-8-6-4-2/h6,8,12,14-15,17-18,20-22,50-51,53-54H,3-5,7,9-11,13,16,19,23-49H2,1-2H3,(H,56,57)/b8-6-,14-12-,17-15-,20-18-,22-21-. The van der Waals surface area contributed by atoms with Crippen LogP contribution < -0.4 is 0 Å².